The average Bonchev–Trinajstić information content (AvgIpc) is 2.10. The van der Waals surface area contributed by atoms with Gasteiger partial charge in [0.1, 0.15) is 5.78 Å². The Morgan fingerprint density at radius 3 is 2.50 bits per heavy atom. The number of carbonyl (C=O) groups excluding carboxylic acids is 1. The molecule has 70 valence electrons. The van der Waals surface area contributed by atoms with Gasteiger partial charge in [0.25, 0.3) is 0 Å². The maximum atomic E-state index is 11.4. The SMILES string of the molecule is COC(OC)[C@@H]1CCCCC1=O. The quantitative estimate of drug-likeness (QED) is 0.603. The summed E-state index contributed by atoms with van der Waals surface area (Å²) >= 11 is 0. The maximum absolute atomic E-state index is 11.4. The van der Waals surface area contributed by atoms with Gasteiger partial charge in [0.05, 0.1) is 5.92 Å². The summed E-state index contributed by atoms with van der Waals surface area (Å²) in [5, 5.41) is 0. The smallest absolute Gasteiger partial charge is 0.166 e. The molecule has 0 aromatic rings. The number of rotatable bonds is 3. The van der Waals surface area contributed by atoms with Gasteiger partial charge in [-0.05, 0) is 12.8 Å². The van der Waals surface area contributed by atoms with Crippen molar-refractivity contribution in [3.05, 3.63) is 0 Å². The third kappa shape index (κ3) is 2.05. The van der Waals surface area contributed by atoms with E-state index in [-0.39, 0.29) is 18.0 Å². The van der Waals surface area contributed by atoms with E-state index in [4.69, 9.17) is 9.47 Å². The minimum Gasteiger partial charge on any atom is -0.355 e. The molecule has 1 fully saturated rings. The lowest BCUT2D eigenvalue weighted by molar-refractivity contribution is -0.160. The number of ether oxygens (including phenoxy) is 2. The summed E-state index contributed by atoms with van der Waals surface area (Å²) in [4.78, 5) is 11.4. The Morgan fingerprint density at radius 1 is 1.33 bits per heavy atom. The van der Waals surface area contributed by atoms with Gasteiger partial charge in [-0.2, -0.15) is 0 Å². The van der Waals surface area contributed by atoms with Gasteiger partial charge in [0.2, 0.25) is 0 Å². The molecule has 0 amide bonds. The van der Waals surface area contributed by atoms with Gasteiger partial charge in [0.15, 0.2) is 6.29 Å². The molecule has 1 aliphatic carbocycles. The monoisotopic (exact) mass is 172 g/mol. The first-order valence-electron chi connectivity index (χ1n) is 4.38. The van der Waals surface area contributed by atoms with Gasteiger partial charge in [-0.25, -0.2) is 0 Å². The summed E-state index contributed by atoms with van der Waals surface area (Å²) in [6.45, 7) is 0. The Bertz CT molecular complexity index is 152. The highest BCUT2D eigenvalue weighted by atomic mass is 16.7. The van der Waals surface area contributed by atoms with Crippen molar-refractivity contribution in [3.63, 3.8) is 0 Å². The van der Waals surface area contributed by atoms with Gasteiger partial charge >= 0.3 is 0 Å². The molecule has 0 heterocycles. The standard InChI is InChI=1S/C9H16O3/c1-11-9(12-2)7-5-3-4-6-8(7)10/h7,9H,3-6H2,1-2H3/t7-/m1/s1. The summed E-state index contributed by atoms with van der Waals surface area (Å²) < 4.78 is 10.1. The highest BCUT2D eigenvalue weighted by Crippen LogP contribution is 2.24. The minimum absolute atomic E-state index is 0.0336. The van der Waals surface area contributed by atoms with E-state index in [0.29, 0.717) is 6.42 Å². The summed E-state index contributed by atoms with van der Waals surface area (Å²) in [7, 11) is 3.16. The van der Waals surface area contributed by atoms with Gasteiger partial charge in [-0.1, -0.05) is 6.42 Å². The number of hydrogen-bond donors (Lipinski definition) is 0. The largest absolute Gasteiger partial charge is 0.355 e. The molecule has 1 saturated carbocycles. The first kappa shape index (κ1) is 9.68. The average molecular weight is 172 g/mol. The van der Waals surface area contributed by atoms with Crippen molar-refractivity contribution in [2.24, 2.45) is 5.92 Å². The zero-order chi connectivity index (χ0) is 8.97. The van der Waals surface area contributed by atoms with E-state index in [1.54, 1.807) is 14.2 Å². The summed E-state index contributed by atoms with van der Waals surface area (Å²) in [6, 6.07) is 0. The molecule has 0 aromatic heterocycles. The van der Waals surface area contributed by atoms with Crippen LogP contribution >= 0.6 is 0 Å². The summed E-state index contributed by atoms with van der Waals surface area (Å²) in [5.74, 6) is 0.253. The minimum atomic E-state index is -0.335. The third-order valence-electron chi connectivity index (χ3n) is 2.40. The molecule has 12 heavy (non-hydrogen) atoms. The highest BCUT2D eigenvalue weighted by molar-refractivity contribution is 5.82. The van der Waals surface area contributed by atoms with Crippen molar-refractivity contribution < 1.29 is 14.3 Å². The van der Waals surface area contributed by atoms with Crippen molar-refractivity contribution in [1.82, 2.24) is 0 Å². The van der Waals surface area contributed by atoms with Crippen LogP contribution in [-0.2, 0) is 14.3 Å². The van der Waals surface area contributed by atoms with Crippen LogP contribution in [0, 0.1) is 5.92 Å². The Balaban J connectivity index is 2.51. The molecule has 0 unspecified atom stereocenters. The van der Waals surface area contributed by atoms with Crippen molar-refractivity contribution in [1.29, 1.82) is 0 Å². The molecule has 3 heteroatoms. The van der Waals surface area contributed by atoms with E-state index in [1.807, 2.05) is 0 Å². The van der Waals surface area contributed by atoms with E-state index in [9.17, 15) is 4.79 Å². The number of ketones is 1. The van der Waals surface area contributed by atoms with Crippen molar-refractivity contribution in [3.8, 4) is 0 Å². The van der Waals surface area contributed by atoms with Crippen molar-refractivity contribution >= 4 is 5.78 Å². The van der Waals surface area contributed by atoms with Crippen molar-refractivity contribution in [2.75, 3.05) is 14.2 Å². The van der Waals surface area contributed by atoms with E-state index < -0.39 is 0 Å². The molecule has 1 rings (SSSR count). The van der Waals surface area contributed by atoms with Crippen LogP contribution < -0.4 is 0 Å². The van der Waals surface area contributed by atoms with E-state index >= 15 is 0 Å². The second-order valence-corrected chi connectivity index (χ2v) is 3.16. The zero-order valence-electron chi connectivity index (χ0n) is 7.71. The first-order chi connectivity index (χ1) is 5.79. The van der Waals surface area contributed by atoms with Crippen LogP contribution in [0.25, 0.3) is 0 Å². The summed E-state index contributed by atoms with van der Waals surface area (Å²) in [5.41, 5.74) is 0. The predicted molar refractivity (Wildman–Crippen MR) is 44.8 cm³/mol. The summed E-state index contributed by atoms with van der Waals surface area (Å²) in [6.07, 6.45) is 3.39. The molecule has 0 saturated heterocycles. The van der Waals surface area contributed by atoms with Crippen LogP contribution in [0.4, 0.5) is 0 Å². The van der Waals surface area contributed by atoms with Crippen LogP contribution in [0.3, 0.4) is 0 Å². The van der Waals surface area contributed by atoms with Crippen LogP contribution in [0.5, 0.6) is 0 Å². The molecule has 3 nitrogen and oxygen atoms in total. The molecule has 0 bridgehead atoms. The van der Waals surface area contributed by atoms with Crippen LogP contribution in [-0.4, -0.2) is 26.3 Å². The van der Waals surface area contributed by atoms with Gasteiger partial charge < -0.3 is 9.47 Å². The van der Waals surface area contributed by atoms with Gasteiger partial charge in [0, 0.05) is 20.6 Å². The second-order valence-electron chi connectivity index (χ2n) is 3.16. The molecule has 0 aliphatic heterocycles. The van der Waals surface area contributed by atoms with Crippen LogP contribution in [0.2, 0.25) is 0 Å². The Kier molecular flexibility index (Phi) is 3.69. The number of hydrogen-bond acceptors (Lipinski definition) is 3. The van der Waals surface area contributed by atoms with Crippen molar-refractivity contribution in [2.45, 2.75) is 32.0 Å². The molecule has 0 radical (unpaired) electrons. The number of methoxy groups -OCH3 is 2. The topological polar surface area (TPSA) is 35.5 Å². The van der Waals surface area contributed by atoms with E-state index in [0.717, 1.165) is 19.3 Å². The van der Waals surface area contributed by atoms with E-state index in [1.165, 1.54) is 0 Å². The molecular formula is C9H16O3. The first-order valence-corrected chi connectivity index (χ1v) is 4.38. The fraction of sp³-hybridized carbons (Fsp3) is 0.889. The Hall–Kier alpha value is -0.410. The Morgan fingerprint density at radius 2 is 2.00 bits per heavy atom. The van der Waals surface area contributed by atoms with Gasteiger partial charge in [-0.3, -0.25) is 4.79 Å². The molecule has 1 atom stereocenters. The normalized spacial score (nSPS) is 24.9. The second kappa shape index (κ2) is 4.58. The maximum Gasteiger partial charge on any atom is 0.166 e. The predicted octanol–water partition coefficient (Wildman–Crippen LogP) is 1.36. The Labute approximate surface area is 73.0 Å². The molecular weight excluding hydrogens is 156 g/mol. The lowest BCUT2D eigenvalue weighted by atomic mass is 9.87. The molecule has 0 aromatic carbocycles. The fourth-order valence-corrected chi connectivity index (χ4v) is 1.72. The van der Waals surface area contributed by atoms with Crippen LogP contribution in [0.15, 0.2) is 0 Å². The highest BCUT2D eigenvalue weighted by Gasteiger charge is 2.30. The molecule has 0 spiro atoms. The van der Waals surface area contributed by atoms with Crippen LogP contribution in [0.1, 0.15) is 25.7 Å². The number of Topliss-reactive ketones (excluding diaryl/α,β-unsaturated/α-hetero) is 1. The van der Waals surface area contributed by atoms with E-state index in [2.05, 4.69) is 0 Å². The number of carbonyl (C=O) groups is 1. The molecule has 1 aliphatic rings. The lowest BCUT2D eigenvalue weighted by Crippen LogP contribution is -2.33. The third-order valence-corrected chi connectivity index (χ3v) is 2.40. The zero-order valence-corrected chi connectivity index (χ0v) is 7.71. The van der Waals surface area contributed by atoms with Gasteiger partial charge in [-0.15, -0.1) is 0 Å². The fourth-order valence-electron chi connectivity index (χ4n) is 1.72. The molecule has 0 N–H and O–H groups in total. The lowest BCUT2D eigenvalue weighted by Gasteiger charge is -2.26.